The van der Waals surface area contributed by atoms with Crippen LogP contribution in [0.15, 0.2) is 48.5 Å². The van der Waals surface area contributed by atoms with Gasteiger partial charge in [0.25, 0.3) is 11.8 Å². The van der Waals surface area contributed by atoms with E-state index in [4.69, 9.17) is 14.2 Å². The van der Waals surface area contributed by atoms with Crippen LogP contribution in [0.2, 0.25) is 0 Å². The van der Waals surface area contributed by atoms with Crippen molar-refractivity contribution in [2.45, 2.75) is 70.9 Å². The van der Waals surface area contributed by atoms with Gasteiger partial charge in [-0.05, 0) is 81.8 Å². The van der Waals surface area contributed by atoms with E-state index in [2.05, 4.69) is 29.6 Å². The highest BCUT2D eigenvalue weighted by Crippen LogP contribution is 2.24. The number of benzene rings is 2. The van der Waals surface area contributed by atoms with Crippen LogP contribution in [0.5, 0.6) is 11.5 Å². The number of hydrogen-bond acceptors (Lipinski definition) is 6. The molecule has 1 unspecified atom stereocenters. The van der Waals surface area contributed by atoms with Gasteiger partial charge in [-0.15, -0.1) is 0 Å². The zero-order valence-corrected chi connectivity index (χ0v) is 29.0. The molecular weight excluding hydrogens is 584 g/mol. The number of amides is 3. The van der Waals surface area contributed by atoms with E-state index in [1.165, 1.54) is 20.9 Å². The summed E-state index contributed by atoms with van der Waals surface area (Å²) in [5.41, 5.74) is 1.94. The van der Waals surface area contributed by atoms with Crippen molar-refractivity contribution in [2.24, 2.45) is 0 Å². The Labute approximate surface area is 275 Å². The summed E-state index contributed by atoms with van der Waals surface area (Å²) < 4.78 is 17.8. The lowest BCUT2D eigenvalue weighted by Gasteiger charge is -2.45. The fraction of sp³-hybridized carbons (Fsp3) is 0.583. The van der Waals surface area contributed by atoms with Gasteiger partial charge in [0.2, 0.25) is 0 Å². The maximum atomic E-state index is 12.6. The number of hydrogen-bond donors (Lipinski definition) is 1. The lowest BCUT2D eigenvalue weighted by molar-refractivity contribution is -0.933. The summed E-state index contributed by atoms with van der Waals surface area (Å²) in [6.45, 7) is 9.74. The molecule has 3 rings (SSSR count). The second-order valence-electron chi connectivity index (χ2n) is 13.8. The molecule has 2 aromatic rings. The van der Waals surface area contributed by atoms with Gasteiger partial charge < -0.3 is 33.8 Å². The van der Waals surface area contributed by atoms with E-state index in [1.54, 1.807) is 28.2 Å². The molecule has 0 aromatic heterocycles. The summed E-state index contributed by atoms with van der Waals surface area (Å²) in [7, 11) is 6.87. The van der Waals surface area contributed by atoms with Crippen LogP contribution in [-0.4, -0.2) is 111 Å². The van der Waals surface area contributed by atoms with Crippen molar-refractivity contribution in [2.75, 3.05) is 67.6 Å². The fourth-order valence-electron chi connectivity index (χ4n) is 5.72. The molecule has 10 nitrogen and oxygen atoms in total. The van der Waals surface area contributed by atoms with Gasteiger partial charge >= 0.3 is 6.09 Å². The average molecular weight is 640 g/mol. The molecule has 1 heterocycles. The molecule has 3 amide bonds. The lowest BCUT2D eigenvalue weighted by atomic mass is 9.99. The van der Waals surface area contributed by atoms with E-state index >= 15 is 0 Å². The van der Waals surface area contributed by atoms with E-state index in [0.717, 1.165) is 69.2 Å². The quantitative estimate of drug-likeness (QED) is 0.284. The molecule has 0 aliphatic carbocycles. The maximum Gasteiger partial charge on any atom is 0.408 e. The predicted octanol–water partition coefficient (Wildman–Crippen LogP) is 4.69. The molecule has 1 aliphatic rings. The van der Waals surface area contributed by atoms with Gasteiger partial charge in [-0.3, -0.25) is 9.59 Å². The largest absolute Gasteiger partial charge is 0.484 e. The second-order valence-corrected chi connectivity index (χ2v) is 13.8. The number of nitrogens with one attached hydrogen (secondary N) is 1. The minimum absolute atomic E-state index is 0.0283. The van der Waals surface area contributed by atoms with Crippen molar-refractivity contribution < 1.29 is 33.1 Å². The number of likely N-dealkylation sites (N-methyl/N-ethyl adjacent to an activating group) is 2. The summed E-state index contributed by atoms with van der Waals surface area (Å²) in [5, 5.41) is 3.15. The van der Waals surface area contributed by atoms with Crippen molar-refractivity contribution in [1.29, 1.82) is 0 Å². The van der Waals surface area contributed by atoms with Crippen molar-refractivity contribution in [3.63, 3.8) is 0 Å². The number of carbonyl (C=O) groups is 3. The van der Waals surface area contributed by atoms with Gasteiger partial charge in [0, 0.05) is 41.0 Å². The number of nitrogens with zero attached hydrogens (tertiary/aromatic N) is 3. The van der Waals surface area contributed by atoms with E-state index in [-0.39, 0.29) is 37.2 Å². The molecule has 1 fully saturated rings. The molecule has 0 radical (unpaired) electrons. The van der Waals surface area contributed by atoms with E-state index in [1.807, 2.05) is 45.0 Å². The average Bonchev–Trinajstić information content (AvgIpc) is 2.99. The Morgan fingerprint density at radius 2 is 1.24 bits per heavy atom. The third kappa shape index (κ3) is 12.9. The molecular formula is C36H55N4O6+. The second kappa shape index (κ2) is 17.2. The van der Waals surface area contributed by atoms with E-state index < -0.39 is 5.60 Å². The number of quaternary nitrogens is 1. The molecule has 0 saturated carbocycles. The molecule has 1 saturated heterocycles. The van der Waals surface area contributed by atoms with Gasteiger partial charge in [-0.1, -0.05) is 24.3 Å². The van der Waals surface area contributed by atoms with Crippen LogP contribution in [0.1, 0.15) is 57.6 Å². The maximum absolute atomic E-state index is 12.6. The summed E-state index contributed by atoms with van der Waals surface area (Å²) in [4.78, 5) is 39.3. The van der Waals surface area contributed by atoms with Crippen molar-refractivity contribution >= 4 is 17.9 Å². The van der Waals surface area contributed by atoms with Crippen LogP contribution in [-0.2, 0) is 27.2 Å². The number of alkyl carbamates (subject to hydrolysis) is 1. The Morgan fingerprint density at radius 3 is 1.65 bits per heavy atom. The summed E-state index contributed by atoms with van der Waals surface area (Å²) in [6, 6.07) is 16.1. The highest BCUT2D eigenvalue weighted by Gasteiger charge is 2.35. The minimum Gasteiger partial charge on any atom is -0.484 e. The number of carbonyl (C=O) groups excluding carboxylic acids is 3. The molecule has 1 N–H and O–H groups in total. The van der Waals surface area contributed by atoms with Crippen molar-refractivity contribution in [3.05, 3.63) is 59.7 Å². The molecule has 46 heavy (non-hydrogen) atoms. The lowest BCUT2D eigenvalue weighted by Crippen LogP contribution is -2.60. The molecule has 2 aromatic carbocycles. The third-order valence-corrected chi connectivity index (χ3v) is 8.28. The van der Waals surface area contributed by atoms with Gasteiger partial charge in [0.1, 0.15) is 17.1 Å². The van der Waals surface area contributed by atoms with Crippen LogP contribution < -0.4 is 14.8 Å². The van der Waals surface area contributed by atoms with Gasteiger partial charge in [0.15, 0.2) is 13.2 Å². The van der Waals surface area contributed by atoms with Crippen LogP contribution in [0.25, 0.3) is 0 Å². The number of likely N-dealkylation sites (tertiary alicyclic amines) is 1. The summed E-state index contributed by atoms with van der Waals surface area (Å²) in [5.74, 6) is 1.24. The Hall–Kier alpha value is -3.79. The van der Waals surface area contributed by atoms with Crippen LogP contribution in [0.3, 0.4) is 0 Å². The zero-order chi connectivity index (χ0) is 33.7. The smallest absolute Gasteiger partial charge is 0.408 e. The first kappa shape index (κ1) is 36.7. The first-order valence-corrected chi connectivity index (χ1v) is 16.4. The van der Waals surface area contributed by atoms with Crippen LogP contribution in [0, 0.1) is 0 Å². The number of piperidine rings is 1. The molecule has 10 heteroatoms. The third-order valence-electron chi connectivity index (χ3n) is 8.28. The minimum atomic E-state index is -0.532. The monoisotopic (exact) mass is 639 g/mol. The Kier molecular flexibility index (Phi) is 13.7. The molecule has 254 valence electrons. The molecule has 1 aliphatic heterocycles. The van der Waals surface area contributed by atoms with Gasteiger partial charge in [0.05, 0.1) is 32.2 Å². The Balaban J connectivity index is 1.59. The Bertz CT molecular complexity index is 1180. The number of ether oxygens (including phenoxy) is 3. The molecule has 0 spiro atoms. The number of aryl methyl sites for hydroxylation is 2. The highest BCUT2D eigenvalue weighted by atomic mass is 16.6. The van der Waals surface area contributed by atoms with Crippen LogP contribution >= 0.6 is 0 Å². The van der Waals surface area contributed by atoms with E-state index in [9.17, 15) is 14.4 Å². The topological polar surface area (TPSA) is 97.4 Å². The number of rotatable bonds is 15. The zero-order valence-electron chi connectivity index (χ0n) is 29.0. The summed E-state index contributed by atoms with van der Waals surface area (Å²) >= 11 is 0. The summed E-state index contributed by atoms with van der Waals surface area (Å²) in [6.07, 6.45) is 5.59. The Morgan fingerprint density at radius 1 is 0.783 bits per heavy atom. The van der Waals surface area contributed by atoms with Crippen LogP contribution in [0.4, 0.5) is 4.79 Å². The fourth-order valence-corrected chi connectivity index (χ4v) is 5.72. The highest BCUT2D eigenvalue weighted by molar-refractivity contribution is 5.77. The SMILES string of the molecule is CN(C)C(=O)COc1ccc(CCC[N+]2(CCCc3ccc(OCC(=O)N(C)C)cc3)CCCC(NC(=O)OC(C)(C)C)C2)cc1. The van der Waals surface area contributed by atoms with E-state index in [0.29, 0.717) is 11.5 Å². The molecule has 0 bridgehead atoms. The standard InChI is InChI=1S/C36H54N4O6/c1-36(2,3)46-35(43)37-30-13-10-24-40(25-30,22-8-11-28-14-18-31(19-15-28)44-26-33(41)38(4)5)23-9-12-29-16-20-32(21-17-29)45-27-34(42)39(6)7/h14-21,30H,8-13,22-27H2,1-7H3/p+1. The van der Waals surface area contributed by atoms with Gasteiger partial charge in [-0.25, -0.2) is 4.79 Å². The first-order chi connectivity index (χ1) is 21.7. The predicted molar refractivity (Wildman–Crippen MR) is 180 cm³/mol. The van der Waals surface area contributed by atoms with Gasteiger partial charge in [-0.2, -0.15) is 0 Å². The first-order valence-electron chi connectivity index (χ1n) is 16.4. The van der Waals surface area contributed by atoms with Crippen molar-refractivity contribution in [1.82, 2.24) is 15.1 Å². The normalized spacial score (nSPS) is 15.8. The molecule has 1 atom stereocenters. The van der Waals surface area contributed by atoms with Crippen molar-refractivity contribution in [3.8, 4) is 11.5 Å².